The third kappa shape index (κ3) is 3.14. The van der Waals surface area contributed by atoms with Gasteiger partial charge in [-0.3, -0.25) is 16.3 Å². The molecule has 3 rings (SSSR count). The van der Waals surface area contributed by atoms with Crippen LogP contribution in [0.15, 0.2) is 41.0 Å². The van der Waals surface area contributed by atoms with E-state index in [2.05, 4.69) is 38.5 Å². The first kappa shape index (κ1) is 15.0. The average Bonchev–Trinajstić information content (AvgIpc) is 2.47. The first-order valence-electron chi connectivity index (χ1n) is 7.05. The van der Waals surface area contributed by atoms with Crippen molar-refractivity contribution in [3.63, 3.8) is 0 Å². The van der Waals surface area contributed by atoms with E-state index in [-0.39, 0.29) is 12.0 Å². The molecule has 0 spiro atoms. The van der Waals surface area contributed by atoms with Crippen molar-refractivity contribution in [3.8, 4) is 0 Å². The molecule has 0 bridgehead atoms. The Morgan fingerprint density at radius 3 is 3.00 bits per heavy atom. The lowest BCUT2D eigenvalue weighted by Crippen LogP contribution is -2.34. The van der Waals surface area contributed by atoms with Crippen molar-refractivity contribution in [2.75, 3.05) is 0 Å². The maximum Gasteiger partial charge on any atom is 0.0544 e. The number of aryl methyl sites for hydroxylation is 1. The Kier molecular flexibility index (Phi) is 4.60. The van der Waals surface area contributed by atoms with Crippen LogP contribution >= 0.6 is 27.5 Å². The Labute approximate surface area is 138 Å². The summed E-state index contributed by atoms with van der Waals surface area (Å²) in [5, 5.41) is 0.705. The van der Waals surface area contributed by atoms with Crippen LogP contribution in [-0.4, -0.2) is 4.98 Å². The molecule has 1 aliphatic rings. The molecule has 0 amide bonds. The minimum atomic E-state index is 0.00829. The highest BCUT2D eigenvalue weighted by Crippen LogP contribution is 2.39. The van der Waals surface area contributed by atoms with Crippen molar-refractivity contribution in [1.29, 1.82) is 0 Å². The second-order valence-corrected chi connectivity index (χ2v) is 6.75. The van der Waals surface area contributed by atoms with Crippen LogP contribution in [0.3, 0.4) is 0 Å². The van der Waals surface area contributed by atoms with Crippen LogP contribution in [-0.2, 0) is 6.42 Å². The number of rotatable bonds is 3. The summed E-state index contributed by atoms with van der Waals surface area (Å²) in [5.74, 6) is 6.13. The zero-order valence-electron chi connectivity index (χ0n) is 11.5. The third-order valence-electron chi connectivity index (χ3n) is 4.06. The van der Waals surface area contributed by atoms with Gasteiger partial charge in [0.2, 0.25) is 0 Å². The number of halogens is 2. The van der Waals surface area contributed by atoms with E-state index in [0.29, 0.717) is 5.02 Å². The van der Waals surface area contributed by atoms with Crippen molar-refractivity contribution >= 4 is 27.5 Å². The first-order chi connectivity index (χ1) is 10.2. The van der Waals surface area contributed by atoms with Gasteiger partial charge in [-0.2, -0.15) is 0 Å². The molecule has 0 radical (unpaired) electrons. The molecular weight excluding hydrogens is 350 g/mol. The molecule has 0 aliphatic heterocycles. The predicted molar refractivity (Wildman–Crippen MR) is 89.1 cm³/mol. The van der Waals surface area contributed by atoms with Crippen molar-refractivity contribution in [2.45, 2.75) is 31.2 Å². The largest absolute Gasteiger partial charge is 0.271 e. The number of nitrogens with two attached hydrogens (primary N) is 1. The molecule has 2 atom stereocenters. The number of aromatic nitrogens is 1. The maximum atomic E-state index is 6.18. The van der Waals surface area contributed by atoms with Gasteiger partial charge in [-0.15, -0.1) is 0 Å². The Morgan fingerprint density at radius 1 is 1.38 bits per heavy atom. The van der Waals surface area contributed by atoms with Gasteiger partial charge in [0.1, 0.15) is 0 Å². The second kappa shape index (κ2) is 6.44. The molecule has 5 heteroatoms. The zero-order chi connectivity index (χ0) is 14.8. The number of pyridine rings is 1. The van der Waals surface area contributed by atoms with E-state index in [1.165, 1.54) is 5.56 Å². The van der Waals surface area contributed by atoms with E-state index in [0.717, 1.165) is 35.0 Å². The third-order valence-corrected chi connectivity index (χ3v) is 4.74. The number of hydrazine groups is 1. The SMILES string of the molecule is NNC(c1cc(Cl)cc(Br)c1)C1CCCc2cccnc21. The minimum absolute atomic E-state index is 0.00829. The summed E-state index contributed by atoms with van der Waals surface area (Å²) in [7, 11) is 0. The highest BCUT2D eigenvalue weighted by Gasteiger charge is 2.29. The van der Waals surface area contributed by atoms with Gasteiger partial charge in [0.15, 0.2) is 0 Å². The van der Waals surface area contributed by atoms with Crippen molar-refractivity contribution in [1.82, 2.24) is 10.4 Å². The van der Waals surface area contributed by atoms with Crippen molar-refractivity contribution < 1.29 is 0 Å². The summed E-state index contributed by atoms with van der Waals surface area (Å²) in [6.45, 7) is 0. The van der Waals surface area contributed by atoms with E-state index in [4.69, 9.17) is 17.4 Å². The molecule has 110 valence electrons. The molecule has 1 aromatic carbocycles. The molecule has 21 heavy (non-hydrogen) atoms. The van der Waals surface area contributed by atoms with Crippen LogP contribution in [0.4, 0.5) is 0 Å². The summed E-state index contributed by atoms with van der Waals surface area (Å²) in [6.07, 6.45) is 5.18. The van der Waals surface area contributed by atoms with E-state index in [9.17, 15) is 0 Å². The van der Waals surface area contributed by atoms with Crippen LogP contribution < -0.4 is 11.3 Å². The minimum Gasteiger partial charge on any atom is -0.271 e. The lowest BCUT2D eigenvalue weighted by atomic mass is 9.80. The molecule has 0 saturated carbocycles. The topological polar surface area (TPSA) is 50.9 Å². The molecule has 1 aliphatic carbocycles. The van der Waals surface area contributed by atoms with Gasteiger partial charge >= 0.3 is 0 Å². The molecule has 3 N–H and O–H groups in total. The second-order valence-electron chi connectivity index (χ2n) is 5.39. The number of fused-ring (bicyclic) bond motifs is 1. The summed E-state index contributed by atoms with van der Waals surface area (Å²) in [6, 6.07) is 10.1. The van der Waals surface area contributed by atoms with Gasteiger partial charge in [0, 0.05) is 27.3 Å². The average molecular weight is 367 g/mol. The van der Waals surface area contributed by atoms with Gasteiger partial charge < -0.3 is 0 Å². The van der Waals surface area contributed by atoms with Crippen LogP contribution in [0.1, 0.15) is 41.6 Å². The van der Waals surface area contributed by atoms with E-state index < -0.39 is 0 Å². The van der Waals surface area contributed by atoms with Gasteiger partial charge in [0.05, 0.1) is 6.04 Å². The molecular formula is C16H17BrClN3. The summed E-state index contributed by atoms with van der Waals surface area (Å²) >= 11 is 9.67. The number of nitrogens with one attached hydrogen (secondary N) is 1. The molecule has 3 nitrogen and oxygen atoms in total. The quantitative estimate of drug-likeness (QED) is 0.634. The van der Waals surface area contributed by atoms with Crippen molar-refractivity contribution in [2.24, 2.45) is 5.84 Å². The predicted octanol–water partition coefficient (Wildman–Crippen LogP) is 4.12. The van der Waals surface area contributed by atoms with Crippen LogP contribution in [0.25, 0.3) is 0 Å². The lowest BCUT2D eigenvalue weighted by Gasteiger charge is -2.31. The van der Waals surface area contributed by atoms with Crippen LogP contribution in [0, 0.1) is 0 Å². The summed E-state index contributed by atoms with van der Waals surface area (Å²) in [5.41, 5.74) is 6.53. The normalized spacial score (nSPS) is 19.1. The molecule has 1 heterocycles. The fraction of sp³-hybridized carbons (Fsp3) is 0.312. The van der Waals surface area contributed by atoms with Gasteiger partial charge in [-0.25, -0.2) is 0 Å². The molecule has 2 aromatic rings. The number of nitrogens with zero attached hydrogens (tertiary/aromatic N) is 1. The Bertz CT molecular complexity index is 627. The van der Waals surface area contributed by atoms with Crippen LogP contribution in [0.5, 0.6) is 0 Å². The molecule has 0 saturated heterocycles. The monoisotopic (exact) mass is 365 g/mol. The zero-order valence-corrected chi connectivity index (χ0v) is 13.9. The highest BCUT2D eigenvalue weighted by atomic mass is 79.9. The highest BCUT2D eigenvalue weighted by molar-refractivity contribution is 9.10. The van der Waals surface area contributed by atoms with Crippen LogP contribution in [0.2, 0.25) is 5.02 Å². The van der Waals surface area contributed by atoms with Gasteiger partial charge in [-0.05, 0) is 54.7 Å². The summed E-state index contributed by atoms with van der Waals surface area (Å²) < 4.78 is 0.960. The van der Waals surface area contributed by atoms with E-state index >= 15 is 0 Å². The molecule has 2 unspecified atom stereocenters. The first-order valence-corrected chi connectivity index (χ1v) is 8.22. The lowest BCUT2D eigenvalue weighted by molar-refractivity contribution is 0.400. The number of benzene rings is 1. The Morgan fingerprint density at radius 2 is 2.24 bits per heavy atom. The van der Waals surface area contributed by atoms with Gasteiger partial charge in [0.25, 0.3) is 0 Å². The fourth-order valence-corrected chi connectivity index (χ4v) is 4.06. The summed E-state index contributed by atoms with van der Waals surface area (Å²) in [4.78, 5) is 4.60. The number of hydrogen-bond acceptors (Lipinski definition) is 3. The maximum absolute atomic E-state index is 6.18. The molecule has 1 aromatic heterocycles. The smallest absolute Gasteiger partial charge is 0.0544 e. The number of hydrogen-bond donors (Lipinski definition) is 2. The van der Waals surface area contributed by atoms with E-state index in [1.54, 1.807) is 0 Å². The Balaban J connectivity index is 2.01. The molecule has 0 fully saturated rings. The van der Waals surface area contributed by atoms with Gasteiger partial charge in [-0.1, -0.05) is 33.6 Å². The fourth-order valence-electron chi connectivity index (χ4n) is 3.17. The van der Waals surface area contributed by atoms with E-state index in [1.807, 2.05) is 24.4 Å². The Hall–Kier alpha value is -0.940. The van der Waals surface area contributed by atoms with Crippen molar-refractivity contribution in [3.05, 3.63) is 62.8 Å². The standard InChI is InChI=1S/C16H17BrClN3/c17-12-7-11(8-13(18)9-12)16(21-19)14-5-1-3-10-4-2-6-20-15(10)14/h2,4,6-9,14,16,21H,1,3,5,19H2.